The zero-order chi connectivity index (χ0) is 14.7. The van der Waals surface area contributed by atoms with Crippen LogP contribution in [0.5, 0.6) is 0 Å². The number of hydrogen-bond acceptors (Lipinski definition) is 2. The van der Waals surface area contributed by atoms with Gasteiger partial charge < -0.3 is 5.32 Å². The predicted octanol–water partition coefficient (Wildman–Crippen LogP) is 3.89. The monoisotopic (exact) mass is 283 g/mol. The normalized spacial score (nSPS) is 25.9. The third kappa shape index (κ3) is 3.03. The number of rotatable bonds is 4. The average Bonchev–Trinajstić information content (AvgIpc) is 3.05. The van der Waals surface area contributed by atoms with Crippen molar-refractivity contribution >= 4 is 0 Å². The minimum absolute atomic E-state index is 0.478. The molecule has 3 unspecified atom stereocenters. The predicted molar refractivity (Wildman–Crippen MR) is 87.2 cm³/mol. The fourth-order valence-electron chi connectivity index (χ4n) is 3.53. The molecule has 0 spiro atoms. The minimum atomic E-state index is 0.478. The lowest BCUT2D eigenvalue weighted by Gasteiger charge is -2.35. The van der Waals surface area contributed by atoms with Crippen LogP contribution in [0.4, 0.5) is 0 Å². The first kappa shape index (κ1) is 14.3. The summed E-state index contributed by atoms with van der Waals surface area (Å²) in [6.45, 7) is 2.31. The zero-order valence-corrected chi connectivity index (χ0v) is 13.0. The first-order valence-electron chi connectivity index (χ1n) is 8.08. The summed E-state index contributed by atoms with van der Waals surface area (Å²) >= 11 is 0. The van der Waals surface area contributed by atoms with Crippen molar-refractivity contribution in [2.24, 2.45) is 5.92 Å². The summed E-state index contributed by atoms with van der Waals surface area (Å²) in [5.74, 6) is 0.837. The average molecular weight is 283 g/mol. The van der Waals surface area contributed by atoms with Crippen LogP contribution in [0.25, 0.3) is 11.1 Å². The summed E-state index contributed by atoms with van der Waals surface area (Å²) in [6, 6.07) is 11.5. The largest absolute Gasteiger partial charge is 0.315 e. The van der Waals surface area contributed by atoms with E-state index in [-0.39, 0.29) is 0 Å². The second-order valence-corrected chi connectivity index (χ2v) is 6.12. The molecule has 1 aromatic carbocycles. The Kier molecular flexibility index (Phi) is 4.39. The van der Waals surface area contributed by atoms with Gasteiger partial charge in [0.25, 0.3) is 0 Å². The molecule has 3 atom stereocenters. The quantitative estimate of drug-likeness (QED) is 0.922. The maximum atomic E-state index is 4.66. The Morgan fingerprint density at radius 1 is 1.19 bits per heavy atom. The summed E-state index contributed by atoms with van der Waals surface area (Å²) in [4.78, 5) is 0. The van der Waals surface area contributed by atoms with Gasteiger partial charge in [0.15, 0.2) is 0 Å². The van der Waals surface area contributed by atoms with Crippen molar-refractivity contribution in [2.45, 2.75) is 44.7 Å². The maximum Gasteiger partial charge on any atom is 0.0674 e. The number of hydrogen-bond donors (Lipinski definition) is 1. The van der Waals surface area contributed by atoms with Gasteiger partial charge in [0.05, 0.1) is 12.2 Å². The smallest absolute Gasteiger partial charge is 0.0674 e. The molecule has 3 nitrogen and oxygen atoms in total. The van der Waals surface area contributed by atoms with Crippen LogP contribution in [0.1, 0.15) is 38.6 Å². The molecule has 0 bridgehead atoms. The first-order valence-corrected chi connectivity index (χ1v) is 8.08. The fraction of sp³-hybridized carbons (Fsp3) is 0.500. The van der Waals surface area contributed by atoms with Gasteiger partial charge in [-0.1, -0.05) is 43.7 Å². The van der Waals surface area contributed by atoms with Crippen LogP contribution in [0.2, 0.25) is 0 Å². The highest BCUT2D eigenvalue weighted by molar-refractivity contribution is 5.61. The standard InChI is InChI=1S/C18H25N3/c1-3-14-9-10-17(19-2)18(11-14)21-13-16(12-20-21)15-7-5-4-6-8-15/h4-8,12-14,17-19H,3,9-11H2,1-2H3. The van der Waals surface area contributed by atoms with E-state index in [1.165, 1.54) is 36.8 Å². The van der Waals surface area contributed by atoms with Crippen molar-refractivity contribution in [1.82, 2.24) is 15.1 Å². The van der Waals surface area contributed by atoms with Gasteiger partial charge in [0.1, 0.15) is 0 Å². The van der Waals surface area contributed by atoms with Crippen LogP contribution in [-0.4, -0.2) is 22.9 Å². The molecule has 1 aliphatic carbocycles. The molecule has 1 fully saturated rings. The van der Waals surface area contributed by atoms with Crippen LogP contribution in [0.15, 0.2) is 42.7 Å². The van der Waals surface area contributed by atoms with Crippen LogP contribution >= 0.6 is 0 Å². The Bertz CT molecular complexity index is 561. The van der Waals surface area contributed by atoms with Gasteiger partial charge in [0.2, 0.25) is 0 Å². The summed E-state index contributed by atoms with van der Waals surface area (Å²) in [5.41, 5.74) is 2.46. The molecule has 1 saturated carbocycles. The van der Waals surface area contributed by atoms with E-state index in [4.69, 9.17) is 0 Å². The highest BCUT2D eigenvalue weighted by atomic mass is 15.3. The van der Waals surface area contributed by atoms with Crippen molar-refractivity contribution in [3.63, 3.8) is 0 Å². The molecular formula is C18H25N3. The topological polar surface area (TPSA) is 29.9 Å². The van der Waals surface area contributed by atoms with E-state index >= 15 is 0 Å². The molecule has 1 aliphatic rings. The number of benzene rings is 1. The van der Waals surface area contributed by atoms with Gasteiger partial charge in [-0.25, -0.2) is 0 Å². The molecule has 0 aliphatic heterocycles. The number of nitrogens with one attached hydrogen (secondary N) is 1. The van der Waals surface area contributed by atoms with E-state index in [9.17, 15) is 0 Å². The second-order valence-electron chi connectivity index (χ2n) is 6.12. The molecule has 1 heterocycles. The van der Waals surface area contributed by atoms with E-state index in [0.717, 1.165) is 5.92 Å². The molecule has 0 saturated heterocycles. The second kappa shape index (κ2) is 6.44. The fourth-order valence-corrected chi connectivity index (χ4v) is 3.53. The Balaban J connectivity index is 1.83. The summed E-state index contributed by atoms with van der Waals surface area (Å²) < 4.78 is 2.19. The SMILES string of the molecule is CCC1CCC(NC)C(n2cc(-c3ccccc3)cn2)C1. The zero-order valence-electron chi connectivity index (χ0n) is 13.0. The molecule has 1 aromatic heterocycles. The Morgan fingerprint density at radius 3 is 2.71 bits per heavy atom. The lowest BCUT2D eigenvalue weighted by atomic mass is 9.81. The van der Waals surface area contributed by atoms with E-state index in [1.54, 1.807) is 0 Å². The van der Waals surface area contributed by atoms with Crippen LogP contribution < -0.4 is 5.32 Å². The molecule has 1 N–H and O–H groups in total. The van der Waals surface area contributed by atoms with E-state index in [1.807, 2.05) is 6.20 Å². The maximum absolute atomic E-state index is 4.66. The molecule has 112 valence electrons. The van der Waals surface area contributed by atoms with Gasteiger partial charge in [0, 0.05) is 17.8 Å². The number of aromatic nitrogens is 2. The van der Waals surface area contributed by atoms with E-state index in [2.05, 4.69) is 65.6 Å². The molecule has 0 radical (unpaired) electrons. The van der Waals surface area contributed by atoms with Crippen molar-refractivity contribution in [2.75, 3.05) is 7.05 Å². The Labute approximate surface area is 127 Å². The first-order chi connectivity index (χ1) is 10.3. The Hall–Kier alpha value is -1.61. The molecular weight excluding hydrogens is 258 g/mol. The summed E-state index contributed by atoms with van der Waals surface area (Å²) in [7, 11) is 2.07. The van der Waals surface area contributed by atoms with Gasteiger partial charge in [-0.05, 0) is 37.8 Å². The third-order valence-electron chi connectivity index (χ3n) is 4.92. The molecule has 3 heteroatoms. The van der Waals surface area contributed by atoms with Crippen molar-refractivity contribution in [3.8, 4) is 11.1 Å². The van der Waals surface area contributed by atoms with E-state index in [0.29, 0.717) is 12.1 Å². The van der Waals surface area contributed by atoms with Gasteiger partial charge in [-0.3, -0.25) is 4.68 Å². The van der Waals surface area contributed by atoms with Crippen molar-refractivity contribution in [3.05, 3.63) is 42.7 Å². The lowest BCUT2D eigenvalue weighted by molar-refractivity contribution is 0.197. The van der Waals surface area contributed by atoms with Gasteiger partial charge in [-0.2, -0.15) is 5.10 Å². The lowest BCUT2D eigenvalue weighted by Crippen LogP contribution is -2.40. The molecule has 21 heavy (non-hydrogen) atoms. The molecule has 0 amide bonds. The van der Waals surface area contributed by atoms with Crippen LogP contribution in [0.3, 0.4) is 0 Å². The molecule has 3 rings (SSSR count). The van der Waals surface area contributed by atoms with Gasteiger partial charge in [-0.15, -0.1) is 0 Å². The summed E-state index contributed by atoms with van der Waals surface area (Å²) in [6.07, 6.45) is 9.31. The highest BCUT2D eigenvalue weighted by Crippen LogP contribution is 2.34. The van der Waals surface area contributed by atoms with Crippen molar-refractivity contribution < 1.29 is 0 Å². The van der Waals surface area contributed by atoms with Crippen LogP contribution in [0, 0.1) is 5.92 Å². The number of likely N-dealkylation sites (N-methyl/N-ethyl adjacent to an activating group) is 1. The number of nitrogens with zero attached hydrogens (tertiary/aromatic N) is 2. The highest BCUT2D eigenvalue weighted by Gasteiger charge is 2.30. The third-order valence-corrected chi connectivity index (χ3v) is 4.92. The minimum Gasteiger partial charge on any atom is -0.315 e. The molecule has 2 aromatic rings. The van der Waals surface area contributed by atoms with Crippen molar-refractivity contribution in [1.29, 1.82) is 0 Å². The van der Waals surface area contributed by atoms with Crippen LogP contribution in [-0.2, 0) is 0 Å². The van der Waals surface area contributed by atoms with Gasteiger partial charge >= 0.3 is 0 Å². The summed E-state index contributed by atoms with van der Waals surface area (Å²) in [5, 5.41) is 8.15. The Morgan fingerprint density at radius 2 is 2.00 bits per heavy atom. The van der Waals surface area contributed by atoms with E-state index < -0.39 is 0 Å².